The maximum absolute atomic E-state index is 14.0. The average Bonchev–Trinajstić information content (AvgIpc) is 2.72. The Hall–Kier alpha value is -1.13. The van der Waals surface area contributed by atoms with Gasteiger partial charge in [0.1, 0.15) is 0 Å². The molecule has 1 aliphatic carbocycles. The Kier molecular flexibility index (Phi) is 4.42. The molecule has 0 aromatic carbocycles. The second kappa shape index (κ2) is 5.88. The molecular weight excluding hydrogens is 249 g/mol. The highest BCUT2D eigenvalue weighted by atomic mass is 19.1. The Bertz CT molecular complexity index is 353. The summed E-state index contributed by atoms with van der Waals surface area (Å²) in [6.07, 6.45) is 7.28. The molecule has 0 bridgehead atoms. The van der Waals surface area contributed by atoms with Gasteiger partial charge >= 0.3 is 5.97 Å². The van der Waals surface area contributed by atoms with Crippen LogP contribution in [-0.2, 0) is 9.59 Å². The number of aliphatic carboxylic acids is 1. The smallest absolute Gasteiger partial charge is 0.343 e. The Balaban J connectivity index is 1.94. The van der Waals surface area contributed by atoms with Gasteiger partial charge in [-0.3, -0.25) is 4.79 Å². The van der Waals surface area contributed by atoms with E-state index < -0.39 is 11.6 Å². The van der Waals surface area contributed by atoms with Crippen LogP contribution in [0.4, 0.5) is 4.39 Å². The number of carbonyl (C=O) groups is 2. The molecule has 4 nitrogen and oxygen atoms in total. The molecule has 0 aromatic heterocycles. The van der Waals surface area contributed by atoms with Crippen molar-refractivity contribution in [3.63, 3.8) is 0 Å². The molecule has 1 aliphatic heterocycles. The predicted molar refractivity (Wildman–Crippen MR) is 68.5 cm³/mol. The summed E-state index contributed by atoms with van der Waals surface area (Å²) in [7, 11) is 0. The molecule has 2 aliphatic rings. The number of hydrogen-bond acceptors (Lipinski definition) is 2. The van der Waals surface area contributed by atoms with Crippen molar-refractivity contribution in [3.05, 3.63) is 0 Å². The number of rotatable bonds is 2. The number of likely N-dealkylation sites (tertiary alicyclic amines) is 1. The molecule has 0 radical (unpaired) electrons. The van der Waals surface area contributed by atoms with Gasteiger partial charge in [0, 0.05) is 18.9 Å². The molecular formula is C14H22FNO3. The van der Waals surface area contributed by atoms with Crippen LogP contribution in [0.2, 0.25) is 0 Å². The van der Waals surface area contributed by atoms with Gasteiger partial charge in [-0.05, 0) is 12.8 Å². The molecule has 1 heterocycles. The quantitative estimate of drug-likeness (QED) is 0.839. The molecule has 1 saturated heterocycles. The van der Waals surface area contributed by atoms with Crippen LogP contribution in [0.25, 0.3) is 0 Å². The first-order chi connectivity index (χ1) is 9.03. The number of amides is 1. The first-order valence-electron chi connectivity index (χ1n) is 7.24. The standard InChI is InChI=1S/C14H22FNO3/c15-14(13(18)19)8-9-16(10-14)12(17)11-6-4-2-1-3-5-7-11/h11H,1-10H2,(H,18,19). The van der Waals surface area contributed by atoms with Crippen molar-refractivity contribution in [1.82, 2.24) is 4.90 Å². The number of carboxylic acid groups (broad SMARTS) is 1. The van der Waals surface area contributed by atoms with Crippen molar-refractivity contribution in [1.29, 1.82) is 0 Å². The Morgan fingerprint density at radius 3 is 2.21 bits per heavy atom. The summed E-state index contributed by atoms with van der Waals surface area (Å²) >= 11 is 0. The maximum atomic E-state index is 14.0. The van der Waals surface area contributed by atoms with E-state index in [1.807, 2.05) is 0 Å². The van der Waals surface area contributed by atoms with Crippen LogP contribution in [0.1, 0.15) is 51.4 Å². The molecule has 1 saturated carbocycles. The van der Waals surface area contributed by atoms with E-state index in [2.05, 4.69) is 0 Å². The van der Waals surface area contributed by atoms with Crippen LogP contribution in [0, 0.1) is 5.92 Å². The molecule has 1 unspecified atom stereocenters. The molecule has 108 valence electrons. The van der Waals surface area contributed by atoms with Gasteiger partial charge in [0.25, 0.3) is 0 Å². The first-order valence-corrected chi connectivity index (χ1v) is 7.24. The van der Waals surface area contributed by atoms with Gasteiger partial charge in [0.15, 0.2) is 0 Å². The zero-order valence-electron chi connectivity index (χ0n) is 11.2. The highest BCUT2D eigenvalue weighted by Gasteiger charge is 2.47. The summed E-state index contributed by atoms with van der Waals surface area (Å²) in [5.74, 6) is -1.51. The fraction of sp³-hybridized carbons (Fsp3) is 0.857. The highest BCUT2D eigenvalue weighted by molar-refractivity contribution is 5.83. The average molecular weight is 271 g/mol. The van der Waals surface area contributed by atoms with Crippen LogP contribution in [0.15, 0.2) is 0 Å². The predicted octanol–water partition coefficient (Wildman–Crippen LogP) is 2.37. The monoisotopic (exact) mass is 271 g/mol. The van der Waals surface area contributed by atoms with Gasteiger partial charge in [-0.2, -0.15) is 0 Å². The minimum atomic E-state index is -2.24. The van der Waals surface area contributed by atoms with Gasteiger partial charge in [-0.15, -0.1) is 0 Å². The molecule has 5 heteroatoms. The van der Waals surface area contributed by atoms with Gasteiger partial charge in [-0.1, -0.05) is 32.1 Å². The molecule has 1 N–H and O–H groups in total. The summed E-state index contributed by atoms with van der Waals surface area (Å²) < 4.78 is 14.0. The number of carboxylic acids is 1. The topological polar surface area (TPSA) is 57.6 Å². The largest absolute Gasteiger partial charge is 0.479 e. The number of hydrogen-bond donors (Lipinski definition) is 1. The maximum Gasteiger partial charge on any atom is 0.343 e. The number of carbonyl (C=O) groups excluding carboxylic acids is 1. The van der Waals surface area contributed by atoms with E-state index in [0.29, 0.717) is 0 Å². The number of nitrogens with zero attached hydrogens (tertiary/aromatic N) is 1. The van der Waals surface area contributed by atoms with E-state index in [1.54, 1.807) is 0 Å². The fourth-order valence-electron chi connectivity index (χ4n) is 3.10. The van der Waals surface area contributed by atoms with Crippen LogP contribution >= 0.6 is 0 Å². The van der Waals surface area contributed by atoms with Crippen LogP contribution in [0.5, 0.6) is 0 Å². The van der Waals surface area contributed by atoms with Crippen LogP contribution in [-0.4, -0.2) is 40.6 Å². The zero-order valence-corrected chi connectivity index (χ0v) is 11.2. The Labute approximate surface area is 113 Å². The van der Waals surface area contributed by atoms with Crippen LogP contribution in [0.3, 0.4) is 0 Å². The molecule has 2 rings (SSSR count). The second-order valence-corrected chi connectivity index (χ2v) is 5.82. The summed E-state index contributed by atoms with van der Waals surface area (Å²) in [6, 6.07) is 0. The molecule has 0 aromatic rings. The van der Waals surface area contributed by atoms with Crippen molar-refractivity contribution in [2.45, 2.75) is 57.0 Å². The van der Waals surface area contributed by atoms with Crippen molar-refractivity contribution < 1.29 is 19.1 Å². The van der Waals surface area contributed by atoms with E-state index >= 15 is 0 Å². The zero-order chi connectivity index (χ0) is 13.9. The summed E-state index contributed by atoms with van der Waals surface area (Å²) in [6.45, 7) is -0.0458. The molecule has 1 amide bonds. The molecule has 2 fully saturated rings. The van der Waals surface area contributed by atoms with Crippen molar-refractivity contribution in [2.24, 2.45) is 5.92 Å². The highest BCUT2D eigenvalue weighted by Crippen LogP contribution is 2.30. The number of alkyl halides is 1. The molecule has 19 heavy (non-hydrogen) atoms. The lowest BCUT2D eigenvalue weighted by Gasteiger charge is -2.25. The van der Waals surface area contributed by atoms with Crippen molar-refractivity contribution in [3.8, 4) is 0 Å². The van der Waals surface area contributed by atoms with Crippen molar-refractivity contribution >= 4 is 11.9 Å². The Morgan fingerprint density at radius 2 is 1.68 bits per heavy atom. The lowest BCUT2D eigenvalue weighted by Crippen LogP contribution is -2.41. The fourth-order valence-corrected chi connectivity index (χ4v) is 3.10. The van der Waals surface area contributed by atoms with Gasteiger partial charge in [-0.25, -0.2) is 9.18 Å². The summed E-state index contributed by atoms with van der Waals surface area (Å²) in [5, 5.41) is 8.85. The van der Waals surface area contributed by atoms with Crippen LogP contribution < -0.4 is 0 Å². The minimum absolute atomic E-state index is 0.0311. The van der Waals surface area contributed by atoms with E-state index in [0.717, 1.165) is 38.5 Å². The van der Waals surface area contributed by atoms with Gasteiger partial charge < -0.3 is 10.0 Å². The van der Waals surface area contributed by atoms with E-state index in [1.165, 1.54) is 11.3 Å². The minimum Gasteiger partial charge on any atom is -0.479 e. The van der Waals surface area contributed by atoms with Crippen molar-refractivity contribution in [2.75, 3.05) is 13.1 Å². The van der Waals surface area contributed by atoms with E-state index in [4.69, 9.17) is 5.11 Å². The molecule has 0 spiro atoms. The summed E-state index contributed by atoms with van der Waals surface area (Å²) in [5.41, 5.74) is -2.24. The second-order valence-electron chi connectivity index (χ2n) is 5.82. The first kappa shape index (κ1) is 14.3. The summed E-state index contributed by atoms with van der Waals surface area (Å²) in [4.78, 5) is 24.6. The van der Waals surface area contributed by atoms with Gasteiger partial charge in [0.2, 0.25) is 11.6 Å². The third-order valence-corrected chi connectivity index (χ3v) is 4.37. The van der Waals surface area contributed by atoms with E-state index in [9.17, 15) is 14.0 Å². The third-order valence-electron chi connectivity index (χ3n) is 4.37. The normalized spacial score (nSPS) is 29.8. The van der Waals surface area contributed by atoms with E-state index in [-0.39, 0.29) is 31.3 Å². The lowest BCUT2D eigenvalue weighted by molar-refractivity contribution is -0.150. The van der Waals surface area contributed by atoms with Gasteiger partial charge in [0.05, 0.1) is 6.54 Å². The number of halogens is 1. The lowest BCUT2D eigenvalue weighted by atomic mass is 9.90. The SMILES string of the molecule is O=C(C1CCCCCCC1)N1CCC(F)(C(=O)O)C1. The third kappa shape index (κ3) is 3.25. The Morgan fingerprint density at radius 1 is 1.11 bits per heavy atom. The molecule has 1 atom stereocenters.